The van der Waals surface area contributed by atoms with Crippen LogP contribution in [0.15, 0.2) is 0 Å². The third kappa shape index (κ3) is 4.28. The maximum absolute atomic E-state index is 5.57. The minimum absolute atomic E-state index is 0.0776. The zero-order chi connectivity index (χ0) is 15.3. The molecule has 0 unspecified atom stereocenters. The van der Waals surface area contributed by atoms with E-state index in [1.807, 2.05) is 0 Å². The number of aromatic nitrogens is 2. The lowest BCUT2D eigenvalue weighted by Gasteiger charge is -2.22. The van der Waals surface area contributed by atoms with Crippen LogP contribution in [0.1, 0.15) is 44.4 Å². The molecule has 5 nitrogen and oxygen atoms in total. The summed E-state index contributed by atoms with van der Waals surface area (Å²) in [5, 5.41) is 3.41. The second kappa shape index (κ2) is 7.38. The molecule has 0 atom stereocenters. The fraction of sp³-hybridized carbons (Fsp3) is 0.812. The van der Waals surface area contributed by atoms with Crippen LogP contribution in [0.25, 0.3) is 0 Å². The van der Waals surface area contributed by atoms with Crippen LogP contribution in [0.2, 0.25) is 0 Å². The summed E-state index contributed by atoms with van der Waals surface area (Å²) < 4.78 is 13.0. The first-order valence-corrected chi connectivity index (χ1v) is 7.90. The SMILES string of the molecule is COCCOCCCn1c(C(C)(C)C)nc2c1CCNC2. The standard InChI is InChI=1S/C16H29N3O2/c1-16(2,3)15-18-13-12-17-7-6-14(13)19(15)8-5-9-21-11-10-20-4/h17H,5-12H2,1-4H3. The molecular formula is C16H29N3O2. The lowest BCUT2D eigenvalue weighted by molar-refractivity contribution is 0.0678. The lowest BCUT2D eigenvalue weighted by atomic mass is 9.95. The molecule has 0 saturated heterocycles. The minimum atomic E-state index is 0.0776. The third-order valence-electron chi connectivity index (χ3n) is 3.76. The molecule has 0 bridgehead atoms. The number of nitrogens with one attached hydrogen (secondary N) is 1. The fourth-order valence-electron chi connectivity index (χ4n) is 2.75. The quantitative estimate of drug-likeness (QED) is 0.780. The van der Waals surface area contributed by atoms with Crippen molar-refractivity contribution in [2.24, 2.45) is 0 Å². The molecule has 1 aliphatic heterocycles. The van der Waals surface area contributed by atoms with Crippen LogP contribution in [-0.2, 0) is 34.4 Å². The van der Waals surface area contributed by atoms with Gasteiger partial charge in [-0.05, 0) is 6.42 Å². The summed E-state index contributed by atoms with van der Waals surface area (Å²) >= 11 is 0. The Bertz CT molecular complexity index is 449. The Kier molecular flexibility index (Phi) is 5.79. The van der Waals surface area contributed by atoms with E-state index < -0.39 is 0 Å². The third-order valence-corrected chi connectivity index (χ3v) is 3.76. The molecule has 2 rings (SSSR count). The molecule has 1 aliphatic rings. The molecule has 1 aromatic rings. The molecule has 0 amide bonds. The molecule has 21 heavy (non-hydrogen) atoms. The minimum Gasteiger partial charge on any atom is -0.382 e. The molecule has 0 aromatic carbocycles. The average molecular weight is 295 g/mol. The summed E-state index contributed by atoms with van der Waals surface area (Å²) in [7, 11) is 1.70. The second-order valence-electron chi connectivity index (χ2n) is 6.62. The molecule has 120 valence electrons. The Morgan fingerprint density at radius 1 is 1.24 bits per heavy atom. The zero-order valence-electron chi connectivity index (χ0n) is 13.9. The molecule has 0 spiro atoms. The molecule has 2 heterocycles. The van der Waals surface area contributed by atoms with Crippen LogP contribution < -0.4 is 5.32 Å². The van der Waals surface area contributed by atoms with E-state index in [0.29, 0.717) is 13.2 Å². The molecule has 1 aromatic heterocycles. The van der Waals surface area contributed by atoms with Crippen LogP contribution in [0, 0.1) is 0 Å². The summed E-state index contributed by atoms with van der Waals surface area (Å²) in [5.74, 6) is 1.20. The van der Waals surface area contributed by atoms with E-state index in [9.17, 15) is 0 Å². The van der Waals surface area contributed by atoms with Crippen molar-refractivity contribution in [1.29, 1.82) is 0 Å². The van der Waals surface area contributed by atoms with Gasteiger partial charge in [0.25, 0.3) is 0 Å². The second-order valence-corrected chi connectivity index (χ2v) is 6.62. The Hall–Kier alpha value is -0.910. The number of imidazole rings is 1. The van der Waals surface area contributed by atoms with Gasteiger partial charge in [0.2, 0.25) is 0 Å². The van der Waals surface area contributed by atoms with Crippen molar-refractivity contribution >= 4 is 0 Å². The van der Waals surface area contributed by atoms with Gasteiger partial charge in [0.05, 0.1) is 18.9 Å². The Morgan fingerprint density at radius 2 is 2.05 bits per heavy atom. The number of nitrogens with zero attached hydrogens (tertiary/aromatic N) is 2. The van der Waals surface area contributed by atoms with Gasteiger partial charge in [-0.2, -0.15) is 0 Å². The van der Waals surface area contributed by atoms with Crippen molar-refractivity contribution < 1.29 is 9.47 Å². The zero-order valence-corrected chi connectivity index (χ0v) is 13.9. The highest BCUT2D eigenvalue weighted by Gasteiger charge is 2.26. The number of hydrogen-bond donors (Lipinski definition) is 1. The molecular weight excluding hydrogens is 266 g/mol. The van der Waals surface area contributed by atoms with Gasteiger partial charge in [0, 0.05) is 50.9 Å². The molecule has 0 saturated carbocycles. The van der Waals surface area contributed by atoms with Crippen LogP contribution in [0.5, 0.6) is 0 Å². The molecule has 5 heteroatoms. The summed E-state index contributed by atoms with van der Waals surface area (Å²) in [5.41, 5.74) is 2.72. The Labute approximate surface area is 128 Å². The van der Waals surface area contributed by atoms with E-state index in [2.05, 4.69) is 30.7 Å². The van der Waals surface area contributed by atoms with Crippen LogP contribution in [-0.4, -0.2) is 43.0 Å². The van der Waals surface area contributed by atoms with Gasteiger partial charge >= 0.3 is 0 Å². The highest BCUT2D eigenvalue weighted by molar-refractivity contribution is 5.23. The maximum atomic E-state index is 5.57. The van der Waals surface area contributed by atoms with Gasteiger partial charge in [-0.1, -0.05) is 20.8 Å². The van der Waals surface area contributed by atoms with Gasteiger partial charge in [-0.3, -0.25) is 0 Å². The Balaban J connectivity index is 2.01. The topological polar surface area (TPSA) is 48.3 Å². The monoisotopic (exact) mass is 295 g/mol. The first kappa shape index (κ1) is 16.5. The highest BCUT2D eigenvalue weighted by atomic mass is 16.5. The first-order valence-electron chi connectivity index (χ1n) is 7.90. The summed E-state index contributed by atoms with van der Waals surface area (Å²) in [6, 6.07) is 0. The molecule has 0 aliphatic carbocycles. The smallest absolute Gasteiger partial charge is 0.114 e. The molecule has 0 fully saturated rings. The van der Waals surface area contributed by atoms with E-state index in [-0.39, 0.29) is 5.41 Å². The van der Waals surface area contributed by atoms with Crippen molar-refractivity contribution in [3.05, 3.63) is 17.2 Å². The van der Waals surface area contributed by atoms with E-state index in [0.717, 1.165) is 39.1 Å². The average Bonchev–Trinajstić information content (AvgIpc) is 2.82. The number of hydrogen-bond acceptors (Lipinski definition) is 4. The normalized spacial score (nSPS) is 15.2. The van der Waals surface area contributed by atoms with Crippen LogP contribution in [0.3, 0.4) is 0 Å². The van der Waals surface area contributed by atoms with E-state index in [1.165, 1.54) is 17.2 Å². The van der Waals surface area contributed by atoms with Gasteiger partial charge in [0.15, 0.2) is 0 Å². The number of methoxy groups -OCH3 is 1. The van der Waals surface area contributed by atoms with Crippen molar-refractivity contribution in [1.82, 2.24) is 14.9 Å². The van der Waals surface area contributed by atoms with Gasteiger partial charge in [0.1, 0.15) is 5.82 Å². The summed E-state index contributed by atoms with van der Waals surface area (Å²) in [6.07, 6.45) is 2.09. The van der Waals surface area contributed by atoms with Gasteiger partial charge in [-0.15, -0.1) is 0 Å². The predicted octanol–water partition coefficient (Wildman–Crippen LogP) is 1.88. The van der Waals surface area contributed by atoms with Gasteiger partial charge < -0.3 is 19.4 Å². The largest absolute Gasteiger partial charge is 0.382 e. The summed E-state index contributed by atoms with van der Waals surface area (Å²) in [4.78, 5) is 4.89. The number of ether oxygens (including phenoxy) is 2. The van der Waals surface area contributed by atoms with Crippen molar-refractivity contribution in [3.8, 4) is 0 Å². The predicted molar refractivity (Wildman–Crippen MR) is 83.6 cm³/mol. The Morgan fingerprint density at radius 3 is 2.76 bits per heavy atom. The fourth-order valence-corrected chi connectivity index (χ4v) is 2.75. The number of rotatable bonds is 7. The highest BCUT2D eigenvalue weighted by Crippen LogP contribution is 2.26. The maximum Gasteiger partial charge on any atom is 0.114 e. The van der Waals surface area contributed by atoms with Crippen molar-refractivity contribution in [3.63, 3.8) is 0 Å². The van der Waals surface area contributed by atoms with Crippen LogP contribution in [0.4, 0.5) is 0 Å². The first-order chi connectivity index (χ1) is 10.0. The van der Waals surface area contributed by atoms with E-state index in [4.69, 9.17) is 14.5 Å². The summed E-state index contributed by atoms with van der Waals surface area (Å²) in [6.45, 7) is 11.8. The molecule has 0 radical (unpaired) electrons. The lowest BCUT2D eigenvalue weighted by Crippen LogP contribution is -2.26. The van der Waals surface area contributed by atoms with E-state index in [1.54, 1.807) is 7.11 Å². The van der Waals surface area contributed by atoms with Crippen LogP contribution >= 0.6 is 0 Å². The van der Waals surface area contributed by atoms with Gasteiger partial charge in [-0.25, -0.2) is 4.98 Å². The van der Waals surface area contributed by atoms with E-state index >= 15 is 0 Å². The molecule has 1 N–H and O–H groups in total. The van der Waals surface area contributed by atoms with Crippen molar-refractivity contribution in [2.45, 2.75) is 52.1 Å². The number of fused-ring (bicyclic) bond motifs is 1. The van der Waals surface area contributed by atoms with Crippen molar-refractivity contribution in [2.75, 3.05) is 33.5 Å².